The smallest absolute Gasteiger partial charge is 0.326 e. The van der Waals surface area contributed by atoms with E-state index in [0.717, 1.165) is 11.1 Å². The minimum absolute atomic E-state index is 0. The van der Waals surface area contributed by atoms with Crippen LogP contribution in [0.4, 0.5) is 0 Å². The molecule has 10 heteroatoms. The average molecular weight is 538 g/mol. The predicted molar refractivity (Wildman–Crippen MR) is 145 cm³/mol. The summed E-state index contributed by atoms with van der Waals surface area (Å²) in [5.74, 6) is -1.35. The number of amides is 2. The molecule has 0 fully saturated rings. The highest BCUT2D eigenvalue weighted by Crippen LogP contribution is 2.12. The molecule has 0 aliphatic carbocycles. The molecule has 0 aliphatic heterocycles. The maximum Gasteiger partial charge on any atom is 0.326 e. The highest BCUT2D eigenvalue weighted by Gasteiger charge is 2.30. The van der Waals surface area contributed by atoms with Crippen LogP contribution < -0.4 is 16.0 Å². The molecule has 0 aliphatic rings. The zero-order chi connectivity index (χ0) is 25.8. The van der Waals surface area contributed by atoms with Gasteiger partial charge in [0.25, 0.3) is 0 Å². The Balaban J connectivity index is 0.00000648. The number of phenolic OH excluding ortho intramolecular Hbond substituents is 1. The molecule has 198 valence electrons. The lowest BCUT2D eigenvalue weighted by atomic mass is 10.0. The summed E-state index contributed by atoms with van der Waals surface area (Å²) in [5, 5.41) is 27.8. The summed E-state index contributed by atoms with van der Waals surface area (Å²) < 4.78 is 0. The van der Waals surface area contributed by atoms with Crippen molar-refractivity contribution < 1.29 is 24.6 Å². The van der Waals surface area contributed by atoms with E-state index in [0.29, 0.717) is 12.3 Å². The van der Waals surface area contributed by atoms with Gasteiger partial charge in [-0.2, -0.15) is 11.8 Å². The van der Waals surface area contributed by atoms with Gasteiger partial charge in [0.2, 0.25) is 11.8 Å². The van der Waals surface area contributed by atoms with Crippen molar-refractivity contribution in [2.24, 2.45) is 5.92 Å². The number of aromatic hydroxyl groups is 1. The minimum Gasteiger partial charge on any atom is -0.508 e. The number of thioether (sulfide) groups is 1. The molecule has 5 N–H and O–H groups in total. The second kappa shape index (κ2) is 16.1. The number of hydrogen-bond donors (Lipinski definition) is 5. The van der Waals surface area contributed by atoms with Crippen LogP contribution in [0.2, 0.25) is 0 Å². The molecule has 2 amide bonds. The molecule has 0 aromatic heterocycles. The number of carboxylic acids is 1. The van der Waals surface area contributed by atoms with E-state index in [1.165, 1.54) is 11.8 Å². The molecule has 0 bridgehead atoms. The molecule has 2 aromatic rings. The summed E-state index contributed by atoms with van der Waals surface area (Å²) in [4.78, 5) is 38.0. The van der Waals surface area contributed by atoms with Crippen molar-refractivity contribution in [3.8, 4) is 5.75 Å². The van der Waals surface area contributed by atoms with Gasteiger partial charge in [-0.3, -0.25) is 9.59 Å². The fourth-order valence-corrected chi connectivity index (χ4v) is 4.08. The molecule has 0 saturated heterocycles. The quantitative estimate of drug-likeness (QED) is 0.250. The van der Waals surface area contributed by atoms with Gasteiger partial charge in [-0.1, -0.05) is 56.3 Å². The van der Waals surface area contributed by atoms with E-state index in [1.807, 2.05) is 56.5 Å². The molecule has 0 spiro atoms. The summed E-state index contributed by atoms with van der Waals surface area (Å²) in [7, 11) is 0. The zero-order valence-corrected chi connectivity index (χ0v) is 22.4. The molecule has 0 radical (unpaired) electrons. The zero-order valence-electron chi connectivity index (χ0n) is 20.8. The van der Waals surface area contributed by atoms with Crippen LogP contribution >= 0.6 is 24.2 Å². The third kappa shape index (κ3) is 10.5. The number of halogens is 1. The molecule has 8 nitrogen and oxygen atoms in total. The molecule has 2 aromatic carbocycles. The van der Waals surface area contributed by atoms with Gasteiger partial charge < -0.3 is 26.2 Å². The van der Waals surface area contributed by atoms with E-state index in [-0.39, 0.29) is 42.8 Å². The van der Waals surface area contributed by atoms with Crippen molar-refractivity contribution >= 4 is 42.0 Å². The standard InChI is InChI=1S/C26H35N3O5S.ClH/c1-17(2)23(27-16-19-10-7-11-20(30)14-19)25(32)29-22(15-18-8-5-4-6-9-18)24(31)28-21(26(33)34)12-13-35-3;/h4-11,14,17,21-23,27,30H,12-13,15-16H2,1-3H3,(H,28,31)(H,29,32)(H,33,34);1H/t21-,22-,23-;/m0./s1. The van der Waals surface area contributed by atoms with Crippen molar-refractivity contribution in [3.05, 3.63) is 65.7 Å². The van der Waals surface area contributed by atoms with Crippen molar-refractivity contribution in [2.45, 2.75) is 51.4 Å². The Kier molecular flexibility index (Phi) is 14.0. The lowest BCUT2D eigenvalue weighted by molar-refractivity contribution is -0.142. The third-order valence-electron chi connectivity index (χ3n) is 5.53. The van der Waals surface area contributed by atoms with Gasteiger partial charge in [-0.15, -0.1) is 12.4 Å². The first kappa shape index (κ1) is 31.3. The Morgan fingerprint density at radius 1 is 0.917 bits per heavy atom. The first-order chi connectivity index (χ1) is 16.7. The summed E-state index contributed by atoms with van der Waals surface area (Å²) in [5.41, 5.74) is 1.66. The second-order valence-electron chi connectivity index (χ2n) is 8.70. The SMILES string of the molecule is CSCC[C@H](NC(=O)[C@H](Cc1ccccc1)NC(=O)[C@@H](NCc1cccc(O)c1)C(C)C)C(=O)O.Cl. The Labute approximate surface area is 223 Å². The first-order valence-corrected chi connectivity index (χ1v) is 13.0. The van der Waals surface area contributed by atoms with Crippen LogP contribution in [0.5, 0.6) is 5.75 Å². The average Bonchev–Trinajstić information content (AvgIpc) is 2.81. The van der Waals surface area contributed by atoms with Crippen molar-refractivity contribution in [1.82, 2.24) is 16.0 Å². The van der Waals surface area contributed by atoms with Crippen molar-refractivity contribution in [3.63, 3.8) is 0 Å². The van der Waals surface area contributed by atoms with E-state index >= 15 is 0 Å². The number of carbonyl (C=O) groups excluding carboxylic acids is 2. The normalized spacial score (nSPS) is 13.2. The lowest BCUT2D eigenvalue weighted by Crippen LogP contribution is -2.56. The molecule has 0 saturated carbocycles. The molecule has 36 heavy (non-hydrogen) atoms. The van der Waals surface area contributed by atoms with Crippen LogP contribution in [0.1, 0.15) is 31.4 Å². The second-order valence-corrected chi connectivity index (χ2v) is 9.69. The summed E-state index contributed by atoms with van der Waals surface area (Å²) in [6.07, 6.45) is 2.38. The van der Waals surface area contributed by atoms with Gasteiger partial charge in [0.05, 0.1) is 6.04 Å². The first-order valence-electron chi connectivity index (χ1n) is 11.6. The largest absolute Gasteiger partial charge is 0.508 e. The van der Waals surface area contributed by atoms with Crippen molar-refractivity contribution in [2.75, 3.05) is 12.0 Å². The fraction of sp³-hybridized carbons (Fsp3) is 0.423. The Morgan fingerprint density at radius 3 is 2.14 bits per heavy atom. The third-order valence-corrected chi connectivity index (χ3v) is 6.17. The topological polar surface area (TPSA) is 128 Å². The minimum atomic E-state index is -1.11. The van der Waals surface area contributed by atoms with E-state index in [4.69, 9.17) is 0 Å². The number of nitrogens with one attached hydrogen (secondary N) is 3. The molecule has 0 heterocycles. The predicted octanol–water partition coefficient (Wildman–Crippen LogP) is 2.98. The van der Waals surface area contributed by atoms with Crippen LogP contribution in [0, 0.1) is 5.92 Å². The Morgan fingerprint density at radius 2 is 1.56 bits per heavy atom. The number of carbonyl (C=O) groups is 3. The number of phenols is 1. The Hall–Kier alpha value is -2.75. The highest BCUT2D eigenvalue weighted by molar-refractivity contribution is 7.98. The van der Waals surface area contributed by atoms with Crippen LogP contribution in [0.3, 0.4) is 0 Å². The van der Waals surface area contributed by atoms with Crippen molar-refractivity contribution in [1.29, 1.82) is 0 Å². The van der Waals surface area contributed by atoms with E-state index in [9.17, 15) is 24.6 Å². The molecular weight excluding hydrogens is 502 g/mol. The van der Waals surface area contributed by atoms with Crippen LogP contribution in [-0.4, -0.2) is 58.1 Å². The van der Waals surface area contributed by atoms with Gasteiger partial charge in [0.15, 0.2) is 0 Å². The molecule has 3 atom stereocenters. The summed E-state index contributed by atoms with van der Waals surface area (Å²) in [6.45, 7) is 4.15. The lowest BCUT2D eigenvalue weighted by Gasteiger charge is -2.26. The molecule has 0 unspecified atom stereocenters. The van der Waals surface area contributed by atoms with E-state index in [1.54, 1.807) is 18.2 Å². The summed E-state index contributed by atoms with van der Waals surface area (Å²) >= 11 is 1.50. The van der Waals surface area contributed by atoms with E-state index < -0.39 is 30.0 Å². The van der Waals surface area contributed by atoms with Gasteiger partial charge in [-0.05, 0) is 47.6 Å². The van der Waals surface area contributed by atoms with Crippen LogP contribution in [0.15, 0.2) is 54.6 Å². The monoisotopic (exact) mass is 537 g/mol. The van der Waals surface area contributed by atoms with Gasteiger partial charge in [0.1, 0.15) is 17.8 Å². The van der Waals surface area contributed by atoms with Crippen LogP contribution in [-0.2, 0) is 27.3 Å². The number of rotatable bonds is 14. The van der Waals surface area contributed by atoms with Gasteiger partial charge >= 0.3 is 5.97 Å². The number of benzene rings is 2. The van der Waals surface area contributed by atoms with Gasteiger partial charge in [-0.25, -0.2) is 4.79 Å². The number of carboxylic acid groups (broad SMARTS) is 1. The molecule has 2 rings (SSSR count). The van der Waals surface area contributed by atoms with Gasteiger partial charge in [0, 0.05) is 13.0 Å². The molecular formula is C26H36ClN3O5S. The fourth-order valence-electron chi connectivity index (χ4n) is 3.61. The summed E-state index contributed by atoms with van der Waals surface area (Å²) in [6, 6.07) is 13.5. The maximum atomic E-state index is 13.2. The number of hydrogen-bond acceptors (Lipinski definition) is 6. The number of aliphatic carboxylic acids is 1. The highest BCUT2D eigenvalue weighted by atomic mass is 35.5. The maximum absolute atomic E-state index is 13.2. The van der Waals surface area contributed by atoms with E-state index in [2.05, 4.69) is 16.0 Å². The Bertz CT molecular complexity index is 977. The van der Waals surface area contributed by atoms with Crippen LogP contribution in [0.25, 0.3) is 0 Å².